The van der Waals surface area contributed by atoms with Crippen molar-refractivity contribution < 1.29 is 18.3 Å². The van der Waals surface area contributed by atoms with Crippen molar-refractivity contribution >= 4 is 31.5 Å². The van der Waals surface area contributed by atoms with E-state index in [0.717, 1.165) is 24.2 Å². The molecule has 0 spiro atoms. The molecule has 0 radical (unpaired) electrons. The van der Waals surface area contributed by atoms with E-state index >= 15 is 0 Å². The molecule has 0 amide bonds. The van der Waals surface area contributed by atoms with Gasteiger partial charge >= 0.3 is 0 Å². The Morgan fingerprint density at radius 1 is 0.958 bits per heavy atom. The SMILES string of the molecule is CCOc1ccc2c(sc3c(F)c(OCC4CCC4)ccc32)c1F. The summed E-state index contributed by atoms with van der Waals surface area (Å²) in [6.07, 6.45) is 3.53. The quantitative estimate of drug-likeness (QED) is 0.570. The second kappa shape index (κ2) is 6.20. The van der Waals surface area contributed by atoms with Crippen LogP contribution in [0.4, 0.5) is 8.78 Å². The summed E-state index contributed by atoms with van der Waals surface area (Å²) in [5, 5.41) is 1.42. The molecule has 2 aromatic carbocycles. The van der Waals surface area contributed by atoms with Gasteiger partial charge in [0.05, 0.1) is 22.6 Å². The molecule has 126 valence electrons. The summed E-state index contributed by atoms with van der Waals surface area (Å²) in [7, 11) is 0. The lowest BCUT2D eigenvalue weighted by atomic mass is 9.86. The lowest BCUT2D eigenvalue weighted by molar-refractivity contribution is 0.176. The molecule has 0 atom stereocenters. The summed E-state index contributed by atoms with van der Waals surface area (Å²) in [4.78, 5) is 0. The van der Waals surface area contributed by atoms with E-state index in [1.807, 2.05) is 6.07 Å². The number of thiophene rings is 1. The highest BCUT2D eigenvalue weighted by atomic mass is 32.1. The number of hydrogen-bond donors (Lipinski definition) is 0. The Hall–Kier alpha value is -1.88. The number of halogens is 2. The van der Waals surface area contributed by atoms with Gasteiger partial charge in [0.1, 0.15) is 0 Å². The highest BCUT2D eigenvalue weighted by Gasteiger charge is 2.21. The molecule has 0 aliphatic heterocycles. The fraction of sp³-hybridized carbons (Fsp3) is 0.368. The topological polar surface area (TPSA) is 18.5 Å². The van der Waals surface area contributed by atoms with Gasteiger partial charge in [0, 0.05) is 10.8 Å². The summed E-state index contributed by atoms with van der Waals surface area (Å²) in [6.45, 7) is 2.75. The molecule has 3 aromatic rings. The van der Waals surface area contributed by atoms with E-state index in [1.54, 1.807) is 25.1 Å². The van der Waals surface area contributed by atoms with E-state index in [0.29, 0.717) is 39.3 Å². The summed E-state index contributed by atoms with van der Waals surface area (Å²) in [5.41, 5.74) is 0. The standard InChI is InChI=1S/C19H18F2O2S/c1-2-22-14-8-6-12-13-7-9-15(23-10-11-4-3-5-11)17(21)19(13)24-18(12)16(14)20/h6-9,11H,2-5,10H2,1H3. The minimum absolute atomic E-state index is 0.207. The predicted octanol–water partition coefficient (Wildman–Crippen LogP) is 5.91. The second-order valence-electron chi connectivity index (χ2n) is 6.15. The number of benzene rings is 2. The fourth-order valence-electron chi connectivity index (χ4n) is 3.05. The summed E-state index contributed by atoms with van der Waals surface area (Å²) >= 11 is 1.11. The van der Waals surface area contributed by atoms with Crippen LogP contribution in [0, 0.1) is 17.6 Å². The number of hydrogen-bond acceptors (Lipinski definition) is 3. The van der Waals surface area contributed by atoms with E-state index in [4.69, 9.17) is 9.47 Å². The summed E-state index contributed by atoms with van der Waals surface area (Å²) < 4.78 is 41.2. The van der Waals surface area contributed by atoms with Gasteiger partial charge in [-0.1, -0.05) is 6.42 Å². The van der Waals surface area contributed by atoms with Crippen LogP contribution in [0.3, 0.4) is 0 Å². The zero-order valence-electron chi connectivity index (χ0n) is 13.4. The molecular weight excluding hydrogens is 330 g/mol. The summed E-state index contributed by atoms with van der Waals surface area (Å²) in [6, 6.07) is 6.85. The molecule has 2 nitrogen and oxygen atoms in total. The molecular formula is C19H18F2O2S. The zero-order chi connectivity index (χ0) is 16.7. The molecule has 1 aromatic heterocycles. The van der Waals surface area contributed by atoms with Crippen molar-refractivity contribution in [3.63, 3.8) is 0 Å². The van der Waals surface area contributed by atoms with Crippen molar-refractivity contribution in [3.05, 3.63) is 35.9 Å². The first-order valence-electron chi connectivity index (χ1n) is 8.28. The van der Waals surface area contributed by atoms with Gasteiger partial charge in [-0.15, -0.1) is 11.3 Å². The largest absolute Gasteiger partial charge is 0.491 e. The minimum Gasteiger partial charge on any atom is -0.491 e. The van der Waals surface area contributed by atoms with Gasteiger partial charge < -0.3 is 9.47 Å². The van der Waals surface area contributed by atoms with Gasteiger partial charge in [-0.2, -0.15) is 0 Å². The molecule has 0 saturated heterocycles. The van der Waals surface area contributed by atoms with Crippen molar-refractivity contribution in [3.8, 4) is 11.5 Å². The van der Waals surface area contributed by atoms with Crippen LogP contribution in [0.15, 0.2) is 24.3 Å². The van der Waals surface area contributed by atoms with Crippen molar-refractivity contribution in [2.24, 2.45) is 5.92 Å². The monoisotopic (exact) mass is 348 g/mol. The molecule has 1 aliphatic carbocycles. The Bertz CT molecular complexity index is 899. The maximum atomic E-state index is 14.8. The highest BCUT2D eigenvalue weighted by Crippen LogP contribution is 2.42. The molecule has 5 heteroatoms. The van der Waals surface area contributed by atoms with Crippen molar-refractivity contribution in [1.29, 1.82) is 0 Å². The molecule has 1 aliphatic rings. The van der Waals surface area contributed by atoms with Crippen LogP contribution in [0.1, 0.15) is 26.2 Å². The fourth-order valence-corrected chi connectivity index (χ4v) is 4.21. The van der Waals surface area contributed by atoms with E-state index in [9.17, 15) is 8.78 Å². The van der Waals surface area contributed by atoms with Crippen LogP contribution in [0.25, 0.3) is 20.2 Å². The molecule has 0 N–H and O–H groups in total. The van der Waals surface area contributed by atoms with Crippen molar-refractivity contribution in [2.75, 3.05) is 13.2 Å². The minimum atomic E-state index is -0.424. The molecule has 24 heavy (non-hydrogen) atoms. The van der Waals surface area contributed by atoms with Crippen LogP contribution < -0.4 is 9.47 Å². The normalized spacial score (nSPS) is 15.0. The molecule has 0 bridgehead atoms. The van der Waals surface area contributed by atoms with Gasteiger partial charge in [-0.25, -0.2) is 8.78 Å². The van der Waals surface area contributed by atoms with Crippen LogP contribution in [0.2, 0.25) is 0 Å². The average Bonchev–Trinajstić information content (AvgIpc) is 2.91. The maximum Gasteiger partial charge on any atom is 0.182 e. The Balaban J connectivity index is 1.76. The molecule has 1 fully saturated rings. The Morgan fingerprint density at radius 2 is 1.54 bits per heavy atom. The highest BCUT2D eigenvalue weighted by molar-refractivity contribution is 7.25. The first kappa shape index (κ1) is 15.6. The molecule has 1 saturated carbocycles. The first-order chi connectivity index (χ1) is 11.7. The van der Waals surface area contributed by atoms with E-state index in [1.165, 1.54) is 6.42 Å². The van der Waals surface area contributed by atoms with Gasteiger partial charge in [-0.3, -0.25) is 0 Å². The Labute approximate surface area is 143 Å². The third-order valence-electron chi connectivity index (χ3n) is 4.62. The molecule has 0 unspecified atom stereocenters. The maximum absolute atomic E-state index is 14.8. The third kappa shape index (κ3) is 2.51. The second-order valence-corrected chi connectivity index (χ2v) is 7.17. The zero-order valence-corrected chi connectivity index (χ0v) is 14.2. The molecule has 4 rings (SSSR count). The van der Waals surface area contributed by atoms with Gasteiger partial charge in [-0.05, 0) is 49.9 Å². The van der Waals surface area contributed by atoms with E-state index < -0.39 is 11.6 Å². The van der Waals surface area contributed by atoms with Crippen molar-refractivity contribution in [1.82, 2.24) is 0 Å². The van der Waals surface area contributed by atoms with Crippen molar-refractivity contribution in [2.45, 2.75) is 26.2 Å². The first-order valence-corrected chi connectivity index (χ1v) is 9.09. The van der Waals surface area contributed by atoms with Crippen LogP contribution in [0.5, 0.6) is 11.5 Å². The lowest BCUT2D eigenvalue weighted by Gasteiger charge is -2.25. The van der Waals surface area contributed by atoms with E-state index in [2.05, 4.69) is 0 Å². The summed E-state index contributed by atoms with van der Waals surface area (Å²) in [5.74, 6) is 0.177. The van der Waals surface area contributed by atoms with Crippen LogP contribution in [-0.4, -0.2) is 13.2 Å². The number of fused-ring (bicyclic) bond motifs is 3. The van der Waals surface area contributed by atoms with E-state index in [-0.39, 0.29) is 11.5 Å². The average molecular weight is 348 g/mol. The lowest BCUT2D eigenvalue weighted by Crippen LogP contribution is -2.19. The van der Waals surface area contributed by atoms with Gasteiger partial charge in [0.2, 0.25) is 0 Å². The number of ether oxygens (including phenoxy) is 2. The van der Waals surface area contributed by atoms with Crippen LogP contribution in [-0.2, 0) is 0 Å². The van der Waals surface area contributed by atoms with Gasteiger partial charge in [0.25, 0.3) is 0 Å². The predicted molar refractivity (Wildman–Crippen MR) is 93.3 cm³/mol. The number of rotatable bonds is 5. The Morgan fingerprint density at radius 3 is 2.04 bits per heavy atom. The third-order valence-corrected chi connectivity index (χ3v) is 5.82. The smallest absolute Gasteiger partial charge is 0.182 e. The van der Waals surface area contributed by atoms with Crippen LogP contribution >= 0.6 is 11.3 Å². The Kier molecular flexibility index (Phi) is 4.04. The molecule has 1 heterocycles. The van der Waals surface area contributed by atoms with Gasteiger partial charge in [0.15, 0.2) is 23.1 Å².